The van der Waals surface area contributed by atoms with Crippen molar-refractivity contribution in [1.82, 2.24) is 4.98 Å². The van der Waals surface area contributed by atoms with Gasteiger partial charge in [0.1, 0.15) is 13.2 Å². The highest BCUT2D eigenvalue weighted by Gasteiger charge is 2.32. The third kappa shape index (κ3) is 9.30. The summed E-state index contributed by atoms with van der Waals surface area (Å²) in [5.41, 5.74) is 0.521. The quantitative estimate of drug-likeness (QED) is 0.321. The predicted molar refractivity (Wildman–Crippen MR) is 103 cm³/mol. The fourth-order valence-electron chi connectivity index (χ4n) is 3.02. The molecule has 0 bridgehead atoms. The van der Waals surface area contributed by atoms with Gasteiger partial charge < -0.3 is 13.8 Å². The van der Waals surface area contributed by atoms with Crippen molar-refractivity contribution in [1.29, 1.82) is 0 Å². The van der Waals surface area contributed by atoms with Crippen LogP contribution in [0.1, 0.15) is 45.1 Å². The topological polar surface area (TPSA) is 96.4 Å². The predicted octanol–water partition coefficient (Wildman–Crippen LogP) is 2.16. The lowest BCUT2D eigenvalue weighted by Crippen LogP contribution is -2.44. The zero-order valence-electron chi connectivity index (χ0n) is 17.0. The van der Waals surface area contributed by atoms with Gasteiger partial charge in [0, 0.05) is 24.6 Å². The Morgan fingerprint density at radius 1 is 1.26 bits per heavy atom. The highest BCUT2D eigenvalue weighted by Crippen LogP contribution is 2.32. The van der Waals surface area contributed by atoms with Crippen molar-refractivity contribution >= 4 is 16.1 Å². The Morgan fingerprint density at radius 3 is 2.41 bits per heavy atom. The minimum Gasteiger partial charge on any atom is -0.748 e. The molecule has 0 amide bonds. The van der Waals surface area contributed by atoms with Gasteiger partial charge >= 0.3 is 5.97 Å². The number of ether oxygens (including phenoxy) is 1. The van der Waals surface area contributed by atoms with E-state index >= 15 is 0 Å². The van der Waals surface area contributed by atoms with Crippen LogP contribution in [0.5, 0.6) is 0 Å². The van der Waals surface area contributed by atoms with E-state index in [2.05, 4.69) is 11.9 Å². The average Bonchev–Trinajstić information content (AvgIpc) is 2.53. The van der Waals surface area contributed by atoms with Crippen LogP contribution >= 0.6 is 0 Å². The maximum absolute atomic E-state index is 12.5. The van der Waals surface area contributed by atoms with Gasteiger partial charge in [-0.25, -0.2) is 8.42 Å². The molecular formula is C19H32N2O5S. The molecule has 1 atom stereocenters. The summed E-state index contributed by atoms with van der Waals surface area (Å²) in [4.78, 5) is 16.5. The number of hydrogen-bond acceptors (Lipinski definition) is 6. The summed E-state index contributed by atoms with van der Waals surface area (Å²) in [6.45, 7) is 7.18. The number of aromatic nitrogens is 1. The largest absolute Gasteiger partial charge is 0.748 e. The lowest BCUT2D eigenvalue weighted by Gasteiger charge is -2.31. The molecule has 0 saturated heterocycles. The van der Waals surface area contributed by atoms with E-state index < -0.39 is 15.5 Å². The fourth-order valence-corrected chi connectivity index (χ4v) is 3.50. The molecule has 1 rings (SSSR count). The van der Waals surface area contributed by atoms with Gasteiger partial charge in [-0.3, -0.25) is 9.78 Å². The van der Waals surface area contributed by atoms with Crippen molar-refractivity contribution in [3.05, 3.63) is 30.1 Å². The minimum absolute atomic E-state index is 0.205. The van der Waals surface area contributed by atoms with Gasteiger partial charge in [0.2, 0.25) is 0 Å². The monoisotopic (exact) mass is 400 g/mol. The number of esters is 1. The van der Waals surface area contributed by atoms with Crippen LogP contribution in [0.3, 0.4) is 0 Å². The normalized spacial score (nSPS) is 14.0. The molecule has 1 heterocycles. The van der Waals surface area contributed by atoms with Gasteiger partial charge in [-0.1, -0.05) is 6.92 Å². The number of quaternary nitrogens is 1. The van der Waals surface area contributed by atoms with Crippen LogP contribution in [0.15, 0.2) is 24.5 Å². The zero-order chi connectivity index (χ0) is 20.7. The lowest BCUT2D eigenvalue weighted by atomic mass is 9.81. The van der Waals surface area contributed by atoms with E-state index in [1.807, 2.05) is 40.1 Å². The smallest absolute Gasteiger partial charge is 0.311 e. The van der Waals surface area contributed by atoms with E-state index in [0.29, 0.717) is 30.4 Å². The number of carbonyl (C=O) groups is 1. The molecular weight excluding hydrogens is 368 g/mol. The van der Waals surface area contributed by atoms with Crippen LogP contribution in [0.25, 0.3) is 0 Å². The van der Waals surface area contributed by atoms with Crippen molar-refractivity contribution in [2.24, 2.45) is 5.41 Å². The van der Waals surface area contributed by atoms with E-state index in [1.165, 1.54) is 0 Å². The number of pyridine rings is 1. The summed E-state index contributed by atoms with van der Waals surface area (Å²) < 4.78 is 38.0. The van der Waals surface area contributed by atoms with E-state index in [4.69, 9.17) is 4.74 Å². The van der Waals surface area contributed by atoms with Crippen LogP contribution in [-0.2, 0) is 19.6 Å². The van der Waals surface area contributed by atoms with Crippen LogP contribution in [0, 0.1) is 5.41 Å². The Kier molecular flexibility index (Phi) is 8.38. The zero-order valence-corrected chi connectivity index (χ0v) is 17.8. The number of rotatable bonds is 11. The molecule has 0 saturated carbocycles. The van der Waals surface area contributed by atoms with Crippen LogP contribution in [0.2, 0.25) is 0 Å². The molecule has 0 N–H and O–H groups in total. The van der Waals surface area contributed by atoms with E-state index in [0.717, 1.165) is 5.56 Å². The molecule has 1 aromatic rings. The minimum atomic E-state index is -4.18. The van der Waals surface area contributed by atoms with E-state index in [9.17, 15) is 17.8 Å². The first-order valence-corrected chi connectivity index (χ1v) is 10.7. The van der Waals surface area contributed by atoms with Crippen molar-refractivity contribution in [2.75, 3.05) is 39.5 Å². The molecule has 0 fully saturated rings. The molecule has 0 aliphatic rings. The second-order valence-corrected chi connectivity index (χ2v) is 9.93. The summed E-state index contributed by atoms with van der Waals surface area (Å²) in [6, 6.07) is 3.91. The van der Waals surface area contributed by atoms with E-state index in [-0.39, 0.29) is 24.2 Å². The number of carbonyl (C=O) groups excluding carboxylic acids is 1. The molecule has 0 aliphatic carbocycles. The summed E-state index contributed by atoms with van der Waals surface area (Å²) in [5.74, 6) is -0.406. The molecule has 0 spiro atoms. The maximum Gasteiger partial charge on any atom is 0.311 e. The lowest BCUT2D eigenvalue weighted by molar-refractivity contribution is -0.890. The van der Waals surface area contributed by atoms with Crippen molar-refractivity contribution < 1.29 is 27.0 Å². The van der Waals surface area contributed by atoms with Crippen molar-refractivity contribution in [3.63, 3.8) is 0 Å². The summed E-state index contributed by atoms with van der Waals surface area (Å²) in [5, 5.41) is 0. The highest BCUT2D eigenvalue weighted by atomic mass is 32.2. The Bertz CT molecular complexity index is 702. The van der Waals surface area contributed by atoms with Gasteiger partial charge in [0.25, 0.3) is 0 Å². The van der Waals surface area contributed by atoms with Crippen LogP contribution in [-0.4, -0.2) is 68.0 Å². The first-order valence-electron chi connectivity index (χ1n) is 9.15. The Hall–Kier alpha value is -1.51. The molecule has 1 unspecified atom stereocenters. The van der Waals surface area contributed by atoms with Crippen molar-refractivity contribution in [3.8, 4) is 0 Å². The molecule has 27 heavy (non-hydrogen) atoms. The number of likely N-dealkylation sites (N-methyl/N-ethyl adjacent to an activating group) is 1. The number of nitrogens with zero attached hydrogens (tertiary/aromatic N) is 2. The van der Waals surface area contributed by atoms with Gasteiger partial charge in [-0.2, -0.15) is 0 Å². The standard InChI is InChI=1S/C19H32N2O5S/c1-16(17-7-9-20-10-8-17)15-19(2,3)18(22)26-13-12-21(4,5)11-6-14-27(23,24)25/h7-10,16H,6,11-15H2,1-5H3. The second kappa shape index (κ2) is 9.61. The van der Waals surface area contributed by atoms with Gasteiger partial charge in [0.15, 0.2) is 0 Å². The first kappa shape index (κ1) is 23.5. The molecule has 0 aromatic carbocycles. The summed E-state index contributed by atoms with van der Waals surface area (Å²) in [6.07, 6.45) is 4.45. The molecule has 8 heteroatoms. The third-order valence-corrected chi connectivity index (χ3v) is 5.52. The second-order valence-electron chi connectivity index (χ2n) is 8.40. The number of hydrogen-bond donors (Lipinski definition) is 0. The van der Waals surface area contributed by atoms with Gasteiger partial charge in [-0.15, -0.1) is 0 Å². The fraction of sp³-hybridized carbons (Fsp3) is 0.684. The first-order chi connectivity index (χ1) is 12.3. The Labute approximate surface area is 163 Å². The van der Waals surface area contributed by atoms with Crippen molar-refractivity contribution in [2.45, 2.75) is 39.5 Å². The Balaban J connectivity index is 2.45. The SMILES string of the molecule is CC(CC(C)(C)C(=O)OCC[N+](C)(C)CCCS(=O)(=O)[O-])c1ccncc1. The van der Waals surface area contributed by atoms with Gasteiger partial charge in [-0.05, 0) is 43.9 Å². The maximum atomic E-state index is 12.5. The average molecular weight is 401 g/mol. The molecule has 1 aromatic heterocycles. The van der Waals surface area contributed by atoms with Crippen LogP contribution in [0.4, 0.5) is 0 Å². The molecule has 154 valence electrons. The third-order valence-electron chi connectivity index (χ3n) is 4.73. The summed E-state index contributed by atoms with van der Waals surface area (Å²) in [7, 11) is -0.347. The van der Waals surface area contributed by atoms with Gasteiger partial charge in [0.05, 0.1) is 36.2 Å². The Morgan fingerprint density at radius 2 is 1.85 bits per heavy atom. The van der Waals surface area contributed by atoms with Crippen LogP contribution < -0.4 is 0 Å². The molecule has 0 aliphatic heterocycles. The highest BCUT2D eigenvalue weighted by molar-refractivity contribution is 7.85. The summed E-state index contributed by atoms with van der Waals surface area (Å²) >= 11 is 0. The molecule has 7 nitrogen and oxygen atoms in total. The molecule has 0 radical (unpaired) electrons. The van der Waals surface area contributed by atoms with E-state index in [1.54, 1.807) is 12.4 Å².